The number of aliphatic imine (C=N–C) groups is 1. The molecule has 0 aromatic carbocycles. The molecule has 0 fully saturated rings. The summed E-state index contributed by atoms with van der Waals surface area (Å²) in [4.78, 5) is 14.7. The minimum atomic E-state index is -1.02. The predicted octanol–water partition coefficient (Wildman–Crippen LogP) is -0.474. The van der Waals surface area contributed by atoms with Gasteiger partial charge in [-0.05, 0) is 0 Å². The summed E-state index contributed by atoms with van der Waals surface area (Å²) in [6.07, 6.45) is 0. The summed E-state index contributed by atoms with van der Waals surface area (Å²) < 4.78 is 9.84. The molecule has 0 aliphatic carbocycles. The summed E-state index contributed by atoms with van der Waals surface area (Å²) in [6.45, 7) is -0.257. The fraction of sp³-hybridized carbons (Fsp3) is 0.400. The van der Waals surface area contributed by atoms with Crippen LogP contribution in [0, 0.1) is 5.75 Å². The number of hydrogen-bond donors (Lipinski definition) is 2. The third-order valence-corrected chi connectivity index (χ3v) is 1.15. The van der Waals surface area contributed by atoms with Gasteiger partial charge < -0.3 is 0 Å². The SMILES string of the molecule is CN(CC(=O)O)C(N)=NC#P=O. The van der Waals surface area contributed by atoms with E-state index in [1.807, 2.05) is 5.75 Å². The van der Waals surface area contributed by atoms with Crippen LogP contribution < -0.4 is 5.73 Å². The Bertz CT molecular complexity index is 294. The summed E-state index contributed by atoms with van der Waals surface area (Å²) in [5, 5.41) is 8.32. The molecule has 0 heterocycles. The number of guanidine groups is 1. The zero-order valence-corrected chi connectivity index (χ0v) is 7.28. The summed E-state index contributed by atoms with van der Waals surface area (Å²) in [6, 6.07) is 0. The number of nitrogens with zero attached hydrogens (tertiary/aromatic N) is 2. The first-order chi connectivity index (χ1) is 5.57. The van der Waals surface area contributed by atoms with Gasteiger partial charge in [0.1, 0.15) is 0 Å². The Morgan fingerprint density at radius 3 is 2.83 bits per heavy atom. The summed E-state index contributed by atoms with van der Waals surface area (Å²) in [7, 11) is 1.07. The van der Waals surface area contributed by atoms with Crippen LogP contribution in [0.2, 0.25) is 0 Å². The molecular formula is C5H8N3O3P. The monoisotopic (exact) mass is 189 g/mol. The van der Waals surface area contributed by atoms with Crippen molar-refractivity contribution in [3.05, 3.63) is 0 Å². The van der Waals surface area contributed by atoms with Crippen LogP contribution in [-0.4, -0.2) is 35.5 Å². The molecule has 0 aromatic heterocycles. The van der Waals surface area contributed by atoms with E-state index in [1.54, 1.807) is 0 Å². The Hall–Kier alpha value is -1.25. The van der Waals surface area contributed by atoms with Gasteiger partial charge in [0.2, 0.25) is 0 Å². The normalized spacial score (nSPS) is 10.2. The Morgan fingerprint density at radius 2 is 2.42 bits per heavy atom. The topological polar surface area (TPSA) is 96.0 Å². The number of likely N-dealkylation sites (N-methyl/N-ethyl adjacent to an activating group) is 1. The van der Waals surface area contributed by atoms with Crippen LogP contribution in [0.4, 0.5) is 0 Å². The number of carboxylic acid groups (broad SMARTS) is 1. The van der Waals surface area contributed by atoms with Gasteiger partial charge in [-0.2, -0.15) is 0 Å². The van der Waals surface area contributed by atoms with Crippen molar-refractivity contribution < 1.29 is 14.5 Å². The van der Waals surface area contributed by atoms with Gasteiger partial charge in [0.15, 0.2) is 0 Å². The number of nitrogens with two attached hydrogens (primary N) is 1. The van der Waals surface area contributed by atoms with Crippen LogP contribution in [0.3, 0.4) is 0 Å². The molecule has 0 atom stereocenters. The van der Waals surface area contributed by atoms with E-state index in [9.17, 15) is 9.36 Å². The van der Waals surface area contributed by atoms with Crippen molar-refractivity contribution in [2.45, 2.75) is 0 Å². The number of carboxylic acids is 1. The van der Waals surface area contributed by atoms with Crippen molar-refractivity contribution >= 4 is 19.8 Å². The zero-order chi connectivity index (χ0) is 9.56. The van der Waals surface area contributed by atoms with Crippen LogP contribution in [0.25, 0.3) is 0 Å². The molecule has 12 heavy (non-hydrogen) atoms. The molecular weight excluding hydrogens is 181 g/mol. The Kier molecular flexibility index (Phi) is 4.84. The number of rotatable bonds is 2. The standard InChI is InChI=1S/C5H8N3O3P/c1-8(2-4(9)10)5(6)7-3-12-11/h2H2,1H3,(H2,6,7)(H,9,10). The molecule has 0 bridgehead atoms. The van der Waals surface area contributed by atoms with E-state index in [1.165, 1.54) is 11.9 Å². The van der Waals surface area contributed by atoms with Crippen LogP contribution in [0.5, 0.6) is 0 Å². The molecule has 66 valence electrons. The Morgan fingerprint density at radius 1 is 1.83 bits per heavy atom. The van der Waals surface area contributed by atoms with E-state index in [0.717, 1.165) is 0 Å². The molecule has 3 N–H and O–H groups in total. The molecule has 0 aliphatic heterocycles. The van der Waals surface area contributed by atoms with Crippen LogP contribution >= 0.6 is 7.92 Å². The summed E-state index contributed by atoms with van der Waals surface area (Å²) in [5.41, 5.74) is 5.26. The van der Waals surface area contributed by atoms with Gasteiger partial charge in [0, 0.05) is 0 Å². The first-order valence-corrected chi connectivity index (χ1v) is 3.72. The fourth-order valence-electron chi connectivity index (χ4n) is 0.441. The van der Waals surface area contributed by atoms with Crippen molar-refractivity contribution in [2.24, 2.45) is 10.7 Å². The molecule has 0 radical (unpaired) electrons. The van der Waals surface area contributed by atoms with Gasteiger partial charge in [-0.25, -0.2) is 0 Å². The molecule has 0 rings (SSSR count). The number of hydrogen-bond acceptors (Lipinski definition) is 3. The van der Waals surface area contributed by atoms with Crippen LogP contribution in [-0.2, 0) is 9.36 Å². The van der Waals surface area contributed by atoms with Gasteiger partial charge in [0.25, 0.3) is 0 Å². The molecule has 0 unspecified atom stereocenters. The molecule has 0 amide bonds. The third kappa shape index (κ3) is 4.55. The molecule has 0 aromatic rings. The van der Waals surface area contributed by atoms with E-state index in [0.29, 0.717) is 0 Å². The molecule has 6 nitrogen and oxygen atoms in total. The Balaban J connectivity index is 4.24. The van der Waals surface area contributed by atoms with Crippen molar-refractivity contribution in [3.63, 3.8) is 0 Å². The van der Waals surface area contributed by atoms with Gasteiger partial charge >= 0.3 is 69.3 Å². The minimum absolute atomic E-state index is 0.0410. The molecule has 0 aliphatic rings. The fourth-order valence-corrected chi connectivity index (χ4v) is 0.584. The van der Waals surface area contributed by atoms with Gasteiger partial charge in [-0.15, -0.1) is 0 Å². The predicted molar refractivity (Wildman–Crippen MR) is 43.4 cm³/mol. The van der Waals surface area contributed by atoms with E-state index in [-0.39, 0.29) is 20.4 Å². The second kappa shape index (κ2) is 5.41. The molecule has 0 spiro atoms. The molecule has 0 saturated heterocycles. The quantitative estimate of drug-likeness (QED) is 0.347. The second-order valence-corrected chi connectivity index (χ2v) is 2.29. The van der Waals surface area contributed by atoms with Gasteiger partial charge in [0.05, 0.1) is 0 Å². The second-order valence-electron chi connectivity index (χ2n) is 1.91. The maximum absolute atomic E-state index is 10.2. The first-order valence-electron chi connectivity index (χ1n) is 2.91. The van der Waals surface area contributed by atoms with E-state index in [2.05, 4.69) is 4.99 Å². The average Bonchev–Trinajstić information content (AvgIpc) is 1.98. The van der Waals surface area contributed by atoms with Crippen molar-refractivity contribution in [2.75, 3.05) is 13.6 Å². The third-order valence-electron chi connectivity index (χ3n) is 0.969. The first kappa shape index (κ1) is 10.8. The molecule has 0 saturated carbocycles. The average molecular weight is 189 g/mol. The van der Waals surface area contributed by atoms with E-state index in [4.69, 9.17) is 10.8 Å². The zero-order valence-electron chi connectivity index (χ0n) is 6.39. The summed E-state index contributed by atoms with van der Waals surface area (Å²) >= 11 is 0. The van der Waals surface area contributed by atoms with Crippen molar-refractivity contribution in [1.82, 2.24) is 4.90 Å². The summed E-state index contributed by atoms with van der Waals surface area (Å²) in [5.74, 6) is 0.988. The molecule has 7 heteroatoms. The van der Waals surface area contributed by atoms with Crippen LogP contribution in [0.15, 0.2) is 4.99 Å². The Labute approximate surface area is 70.2 Å². The number of carbonyl (C=O) groups is 1. The van der Waals surface area contributed by atoms with Crippen LogP contribution in [0.1, 0.15) is 0 Å². The number of aliphatic carboxylic acids is 1. The van der Waals surface area contributed by atoms with Crippen molar-refractivity contribution in [3.8, 4) is 5.75 Å². The maximum atomic E-state index is 10.2. The van der Waals surface area contributed by atoms with Gasteiger partial charge in [-0.1, -0.05) is 0 Å². The van der Waals surface area contributed by atoms with E-state index < -0.39 is 5.97 Å². The van der Waals surface area contributed by atoms with Gasteiger partial charge in [-0.3, -0.25) is 0 Å². The van der Waals surface area contributed by atoms with Crippen molar-refractivity contribution in [1.29, 1.82) is 0 Å². The van der Waals surface area contributed by atoms with E-state index >= 15 is 0 Å².